The molecular formula is C36H34IrN2-2. The van der Waals surface area contributed by atoms with Gasteiger partial charge in [0.25, 0.3) is 0 Å². The van der Waals surface area contributed by atoms with E-state index in [4.69, 9.17) is 0 Å². The molecule has 1 aliphatic rings. The van der Waals surface area contributed by atoms with Gasteiger partial charge in [-0.1, -0.05) is 82.6 Å². The van der Waals surface area contributed by atoms with Crippen LogP contribution in [0.4, 0.5) is 0 Å². The van der Waals surface area contributed by atoms with Crippen LogP contribution in [-0.2, 0) is 30.9 Å². The molecule has 2 heterocycles. The smallest absolute Gasteiger partial charge is 0.0166 e. The van der Waals surface area contributed by atoms with Crippen LogP contribution in [0.15, 0.2) is 109 Å². The van der Waals surface area contributed by atoms with E-state index in [2.05, 4.69) is 98.3 Å². The van der Waals surface area contributed by atoms with E-state index in [-0.39, 0.29) is 30.9 Å². The molecule has 0 saturated carbocycles. The maximum Gasteiger partial charge on any atom is 0.0166 e. The topological polar surface area (TPSA) is 25.8 Å². The molecule has 199 valence electrons. The van der Waals surface area contributed by atoms with Gasteiger partial charge in [0.1, 0.15) is 0 Å². The molecular weight excluding hydrogens is 653 g/mol. The number of pyridine rings is 2. The molecule has 0 saturated heterocycles. The van der Waals surface area contributed by atoms with Crippen molar-refractivity contribution in [2.45, 2.75) is 51.4 Å². The first-order chi connectivity index (χ1) is 18.3. The van der Waals surface area contributed by atoms with Gasteiger partial charge in [-0.15, -0.1) is 70.8 Å². The van der Waals surface area contributed by atoms with Gasteiger partial charge in [0.05, 0.1) is 0 Å². The van der Waals surface area contributed by atoms with E-state index in [1.54, 1.807) is 6.20 Å². The van der Waals surface area contributed by atoms with Crippen molar-refractivity contribution >= 4 is 0 Å². The zero-order chi connectivity index (χ0) is 26.6. The molecule has 39 heavy (non-hydrogen) atoms. The fourth-order valence-corrected chi connectivity index (χ4v) is 5.12. The van der Waals surface area contributed by atoms with Crippen molar-refractivity contribution < 1.29 is 20.1 Å². The number of fused-ring (bicyclic) bond motifs is 1. The number of aromatic nitrogens is 2. The van der Waals surface area contributed by atoms with E-state index in [0.717, 1.165) is 22.5 Å². The molecule has 0 aliphatic heterocycles. The van der Waals surface area contributed by atoms with Crippen molar-refractivity contribution in [2.75, 3.05) is 0 Å². The summed E-state index contributed by atoms with van der Waals surface area (Å²) in [7, 11) is 0. The Kier molecular flexibility index (Phi) is 8.95. The summed E-state index contributed by atoms with van der Waals surface area (Å²) in [6.45, 7) is 9.42. The molecule has 0 spiro atoms. The predicted octanol–water partition coefficient (Wildman–Crippen LogP) is 9.11. The molecule has 1 radical (unpaired) electrons. The van der Waals surface area contributed by atoms with E-state index in [1.807, 2.05) is 54.7 Å². The van der Waals surface area contributed by atoms with Gasteiger partial charge in [0.2, 0.25) is 0 Å². The summed E-state index contributed by atoms with van der Waals surface area (Å²) >= 11 is 0. The van der Waals surface area contributed by atoms with Crippen molar-refractivity contribution in [3.8, 4) is 33.6 Å². The number of benzene rings is 3. The van der Waals surface area contributed by atoms with Crippen LogP contribution in [0.25, 0.3) is 33.6 Å². The summed E-state index contributed by atoms with van der Waals surface area (Å²) in [6.07, 6.45) is 6.13. The molecule has 0 unspecified atom stereocenters. The fourth-order valence-electron chi connectivity index (χ4n) is 5.12. The van der Waals surface area contributed by atoms with Gasteiger partial charge in [-0.05, 0) is 51.9 Å². The SMILES string of the molecule is CC1(C)CCC(C)(C)c2cc(-c3cc(-c4ccccc4)ccn3)[c-]cc21.[Ir].[c-]1ccccc1-c1ccccn1. The van der Waals surface area contributed by atoms with Crippen LogP contribution < -0.4 is 0 Å². The summed E-state index contributed by atoms with van der Waals surface area (Å²) in [5.74, 6) is 0. The molecule has 1 aliphatic carbocycles. The fraction of sp³-hybridized carbons (Fsp3) is 0.222. The summed E-state index contributed by atoms with van der Waals surface area (Å²) in [4.78, 5) is 8.85. The van der Waals surface area contributed by atoms with Gasteiger partial charge in [0, 0.05) is 32.5 Å². The second-order valence-corrected chi connectivity index (χ2v) is 11.2. The van der Waals surface area contributed by atoms with Gasteiger partial charge in [-0.2, -0.15) is 0 Å². The first-order valence-corrected chi connectivity index (χ1v) is 13.3. The minimum atomic E-state index is 0. The van der Waals surface area contributed by atoms with Crippen molar-refractivity contribution in [2.24, 2.45) is 0 Å². The second-order valence-electron chi connectivity index (χ2n) is 11.2. The van der Waals surface area contributed by atoms with Crippen LogP contribution in [0.3, 0.4) is 0 Å². The number of nitrogens with zero attached hydrogens (tertiary/aromatic N) is 2. The molecule has 6 rings (SSSR count). The van der Waals surface area contributed by atoms with Gasteiger partial charge in [-0.3, -0.25) is 0 Å². The monoisotopic (exact) mass is 687 g/mol. The Labute approximate surface area is 246 Å². The predicted molar refractivity (Wildman–Crippen MR) is 158 cm³/mol. The van der Waals surface area contributed by atoms with Crippen LogP contribution >= 0.6 is 0 Å². The molecule has 0 atom stereocenters. The van der Waals surface area contributed by atoms with Crippen molar-refractivity contribution in [1.82, 2.24) is 9.97 Å². The summed E-state index contributed by atoms with van der Waals surface area (Å²) in [5, 5.41) is 0. The van der Waals surface area contributed by atoms with Gasteiger partial charge < -0.3 is 9.97 Å². The quantitative estimate of drug-likeness (QED) is 0.177. The molecule has 0 amide bonds. The van der Waals surface area contributed by atoms with Crippen LogP contribution in [0.2, 0.25) is 0 Å². The third-order valence-electron chi connectivity index (χ3n) is 7.58. The molecule has 0 fully saturated rings. The summed E-state index contributed by atoms with van der Waals surface area (Å²) in [5.41, 5.74) is 9.82. The first-order valence-electron chi connectivity index (χ1n) is 13.3. The molecule has 0 N–H and O–H groups in total. The normalized spacial score (nSPS) is 14.7. The Balaban J connectivity index is 0.000000228. The zero-order valence-corrected chi connectivity index (χ0v) is 25.4. The van der Waals surface area contributed by atoms with E-state index in [0.29, 0.717) is 0 Å². The number of rotatable bonds is 3. The third-order valence-corrected chi connectivity index (χ3v) is 7.58. The van der Waals surface area contributed by atoms with Crippen LogP contribution in [0.1, 0.15) is 51.7 Å². The van der Waals surface area contributed by atoms with Gasteiger partial charge in [0.15, 0.2) is 0 Å². The van der Waals surface area contributed by atoms with Crippen LogP contribution in [0, 0.1) is 12.1 Å². The Bertz CT molecular complexity index is 1460. The Morgan fingerprint density at radius 2 is 1.28 bits per heavy atom. The molecule has 2 nitrogen and oxygen atoms in total. The Morgan fingerprint density at radius 1 is 0.590 bits per heavy atom. The van der Waals surface area contributed by atoms with Crippen LogP contribution in [-0.4, -0.2) is 9.97 Å². The summed E-state index contributed by atoms with van der Waals surface area (Å²) in [6, 6.07) is 39.6. The van der Waals surface area contributed by atoms with Crippen molar-refractivity contribution in [3.05, 3.63) is 133 Å². The van der Waals surface area contributed by atoms with E-state index in [1.165, 1.54) is 35.1 Å². The van der Waals surface area contributed by atoms with E-state index < -0.39 is 0 Å². The maximum absolute atomic E-state index is 4.64. The Hall–Kier alpha value is -3.39. The molecule has 0 bridgehead atoms. The number of hydrogen-bond acceptors (Lipinski definition) is 2. The zero-order valence-electron chi connectivity index (χ0n) is 23.0. The Morgan fingerprint density at radius 3 is 1.97 bits per heavy atom. The number of hydrogen-bond donors (Lipinski definition) is 0. The molecule has 5 aromatic rings. The standard InChI is InChI=1S/C25H26N.C11H8N.Ir/c1-24(2)13-14-25(3,4)22-16-20(10-11-21(22)24)23-17-19(12-15-26-23)18-8-6-5-7-9-18;1-2-6-10(7-3-1)11-8-4-5-9-12-11;/h5-9,11-12,15-17H,13-14H2,1-4H3;1-6,8-9H;/q2*-1;. The van der Waals surface area contributed by atoms with Crippen molar-refractivity contribution in [1.29, 1.82) is 0 Å². The van der Waals surface area contributed by atoms with E-state index in [9.17, 15) is 0 Å². The third kappa shape index (κ3) is 6.61. The van der Waals surface area contributed by atoms with Gasteiger partial charge in [-0.25, -0.2) is 0 Å². The largest absolute Gasteiger partial charge is 0.305 e. The summed E-state index contributed by atoms with van der Waals surface area (Å²) < 4.78 is 0. The molecule has 3 aromatic carbocycles. The average molecular weight is 687 g/mol. The first kappa shape index (κ1) is 28.6. The van der Waals surface area contributed by atoms with Gasteiger partial charge >= 0.3 is 0 Å². The van der Waals surface area contributed by atoms with Crippen molar-refractivity contribution in [3.63, 3.8) is 0 Å². The van der Waals surface area contributed by atoms with Crippen LogP contribution in [0.5, 0.6) is 0 Å². The average Bonchev–Trinajstić information content (AvgIpc) is 2.97. The minimum absolute atomic E-state index is 0. The molecule has 3 heteroatoms. The van der Waals surface area contributed by atoms with E-state index >= 15 is 0 Å². The second kappa shape index (κ2) is 12.2. The minimum Gasteiger partial charge on any atom is -0.305 e. The molecule has 2 aromatic heterocycles. The maximum atomic E-state index is 4.64.